The van der Waals surface area contributed by atoms with Crippen LogP contribution in [-0.4, -0.2) is 81.4 Å². The zero-order valence-corrected chi connectivity index (χ0v) is 17.5. The third-order valence-corrected chi connectivity index (χ3v) is 5.85. The molecule has 2 fully saturated rings. The second-order valence-electron chi connectivity index (χ2n) is 7.88. The molecule has 0 aliphatic carbocycles. The summed E-state index contributed by atoms with van der Waals surface area (Å²) in [5, 5.41) is 8.20. The molecule has 2 aromatic heterocycles. The molecule has 10 nitrogen and oxygen atoms in total. The third-order valence-electron chi connectivity index (χ3n) is 5.85. The van der Waals surface area contributed by atoms with Gasteiger partial charge in [-0.15, -0.1) is 0 Å². The number of likely N-dealkylation sites (N-methyl/N-ethyl adjacent to an activating group) is 1. The van der Waals surface area contributed by atoms with Crippen LogP contribution in [0.4, 0.5) is 0 Å². The van der Waals surface area contributed by atoms with Crippen molar-refractivity contribution in [1.29, 1.82) is 0 Å². The topological polar surface area (TPSA) is 107 Å². The number of hydrogen-bond acceptors (Lipinski definition) is 7. The Kier molecular flexibility index (Phi) is 6.12. The van der Waals surface area contributed by atoms with Crippen LogP contribution in [0.25, 0.3) is 0 Å². The first-order valence-corrected chi connectivity index (χ1v) is 10.5. The molecule has 0 N–H and O–H groups in total. The Labute approximate surface area is 175 Å². The number of ether oxygens (including phenoxy) is 1. The van der Waals surface area contributed by atoms with E-state index in [1.54, 1.807) is 26.7 Å². The summed E-state index contributed by atoms with van der Waals surface area (Å²) in [6, 6.07) is 1.74. The van der Waals surface area contributed by atoms with Crippen LogP contribution < -0.4 is 0 Å². The van der Waals surface area contributed by atoms with Crippen LogP contribution in [0, 0.1) is 5.92 Å². The lowest BCUT2D eigenvalue weighted by atomic mass is 9.99. The molecule has 0 saturated carbocycles. The Morgan fingerprint density at radius 1 is 1.27 bits per heavy atom. The summed E-state index contributed by atoms with van der Waals surface area (Å²) in [7, 11) is 1.81. The number of aryl methyl sites for hydroxylation is 1. The highest BCUT2D eigenvalue weighted by molar-refractivity contribution is 5.93. The molecule has 162 valence electrons. The van der Waals surface area contributed by atoms with Crippen molar-refractivity contribution in [2.45, 2.75) is 38.6 Å². The maximum Gasteiger partial charge on any atom is 0.272 e. The van der Waals surface area contributed by atoms with E-state index in [0.717, 1.165) is 12.8 Å². The van der Waals surface area contributed by atoms with Crippen LogP contribution in [0.15, 0.2) is 16.8 Å². The molecule has 2 aliphatic heterocycles. The SMILES string of the molecule is CCn1nccc1C(=O)N1CC(c2nc(CCN(C)C(=O)C3CCOCC3)no2)C1. The minimum Gasteiger partial charge on any atom is -0.381 e. The Balaban J connectivity index is 1.25. The highest BCUT2D eigenvalue weighted by Crippen LogP contribution is 2.27. The van der Waals surface area contributed by atoms with Crippen LogP contribution in [0.5, 0.6) is 0 Å². The zero-order valence-electron chi connectivity index (χ0n) is 17.5. The van der Waals surface area contributed by atoms with Crippen molar-refractivity contribution in [2.24, 2.45) is 5.92 Å². The number of hydrogen-bond donors (Lipinski definition) is 0. The second kappa shape index (κ2) is 8.95. The molecule has 2 saturated heterocycles. The van der Waals surface area contributed by atoms with E-state index in [2.05, 4.69) is 15.2 Å². The van der Waals surface area contributed by atoms with Crippen molar-refractivity contribution in [3.8, 4) is 0 Å². The van der Waals surface area contributed by atoms with Crippen LogP contribution >= 0.6 is 0 Å². The van der Waals surface area contributed by atoms with Gasteiger partial charge in [0.05, 0.1) is 5.92 Å². The first-order chi connectivity index (χ1) is 14.6. The Morgan fingerprint density at radius 2 is 2.03 bits per heavy atom. The van der Waals surface area contributed by atoms with Gasteiger partial charge in [0.25, 0.3) is 5.91 Å². The van der Waals surface area contributed by atoms with E-state index in [0.29, 0.717) is 63.2 Å². The van der Waals surface area contributed by atoms with Crippen LogP contribution in [-0.2, 0) is 22.5 Å². The van der Waals surface area contributed by atoms with Crippen molar-refractivity contribution < 1.29 is 18.8 Å². The number of carbonyl (C=O) groups is 2. The number of amides is 2. The molecule has 30 heavy (non-hydrogen) atoms. The van der Waals surface area contributed by atoms with Gasteiger partial charge in [0, 0.05) is 65.0 Å². The fourth-order valence-electron chi connectivity index (χ4n) is 3.90. The molecule has 0 unspecified atom stereocenters. The molecular formula is C20H28N6O4. The van der Waals surface area contributed by atoms with E-state index >= 15 is 0 Å². The Morgan fingerprint density at radius 3 is 2.77 bits per heavy atom. The molecule has 0 aromatic carbocycles. The van der Waals surface area contributed by atoms with Crippen molar-refractivity contribution in [3.63, 3.8) is 0 Å². The molecule has 0 bridgehead atoms. The fourth-order valence-corrected chi connectivity index (χ4v) is 3.90. The summed E-state index contributed by atoms with van der Waals surface area (Å²) in [5.74, 6) is 1.36. The van der Waals surface area contributed by atoms with Crippen molar-refractivity contribution >= 4 is 11.8 Å². The molecule has 0 spiro atoms. The molecule has 2 aliphatic rings. The Hall–Kier alpha value is -2.75. The Bertz CT molecular complexity index is 881. The molecular weight excluding hydrogens is 388 g/mol. The average molecular weight is 416 g/mol. The number of aromatic nitrogens is 4. The summed E-state index contributed by atoms with van der Waals surface area (Å²) in [6.07, 6.45) is 3.75. The van der Waals surface area contributed by atoms with Gasteiger partial charge in [-0.1, -0.05) is 5.16 Å². The zero-order chi connectivity index (χ0) is 21.1. The minimum absolute atomic E-state index is 0.0291. The van der Waals surface area contributed by atoms with Gasteiger partial charge >= 0.3 is 0 Å². The van der Waals surface area contributed by atoms with E-state index in [1.807, 2.05) is 14.0 Å². The monoisotopic (exact) mass is 416 g/mol. The van der Waals surface area contributed by atoms with Gasteiger partial charge in [-0.05, 0) is 25.8 Å². The summed E-state index contributed by atoms with van der Waals surface area (Å²) in [5.41, 5.74) is 0.597. The van der Waals surface area contributed by atoms with Crippen molar-refractivity contribution in [1.82, 2.24) is 29.7 Å². The van der Waals surface area contributed by atoms with Crippen LogP contribution in [0.3, 0.4) is 0 Å². The lowest BCUT2D eigenvalue weighted by Crippen LogP contribution is -2.49. The number of likely N-dealkylation sites (tertiary alicyclic amines) is 1. The molecule has 0 atom stereocenters. The predicted octanol–water partition coefficient (Wildman–Crippen LogP) is 0.953. The molecule has 4 heterocycles. The minimum atomic E-state index is -0.0291. The van der Waals surface area contributed by atoms with Crippen LogP contribution in [0.1, 0.15) is 47.9 Å². The number of nitrogens with zero attached hydrogens (tertiary/aromatic N) is 6. The maximum absolute atomic E-state index is 12.6. The normalized spacial score (nSPS) is 17.7. The fraction of sp³-hybridized carbons (Fsp3) is 0.650. The number of carbonyl (C=O) groups excluding carboxylic acids is 2. The van der Waals surface area contributed by atoms with E-state index in [1.165, 1.54) is 0 Å². The van der Waals surface area contributed by atoms with Gasteiger partial charge in [-0.2, -0.15) is 10.1 Å². The van der Waals surface area contributed by atoms with Crippen LogP contribution in [0.2, 0.25) is 0 Å². The van der Waals surface area contributed by atoms with Gasteiger partial charge in [-0.25, -0.2) is 0 Å². The maximum atomic E-state index is 12.6. The highest BCUT2D eigenvalue weighted by Gasteiger charge is 2.37. The summed E-state index contributed by atoms with van der Waals surface area (Å²) < 4.78 is 12.4. The summed E-state index contributed by atoms with van der Waals surface area (Å²) in [6.45, 7) is 5.57. The lowest BCUT2D eigenvalue weighted by molar-refractivity contribution is -0.137. The van der Waals surface area contributed by atoms with Crippen molar-refractivity contribution in [2.75, 3.05) is 39.9 Å². The van der Waals surface area contributed by atoms with Gasteiger partial charge < -0.3 is 19.1 Å². The van der Waals surface area contributed by atoms with Crippen molar-refractivity contribution in [3.05, 3.63) is 29.7 Å². The quantitative estimate of drug-likeness (QED) is 0.661. The third kappa shape index (κ3) is 4.23. The molecule has 2 aromatic rings. The van der Waals surface area contributed by atoms with Gasteiger partial charge in [-0.3, -0.25) is 14.3 Å². The van der Waals surface area contributed by atoms with Gasteiger partial charge in [0.2, 0.25) is 11.8 Å². The van der Waals surface area contributed by atoms with E-state index in [-0.39, 0.29) is 23.7 Å². The first-order valence-electron chi connectivity index (χ1n) is 10.5. The summed E-state index contributed by atoms with van der Waals surface area (Å²) in [4.78, 5) is 33.0. The standard InChI is InChI=1S/C20H28N6O4/c1-3-26-16(4-8-21-26)20(28)25-12-15(13-25)18-22-17(23-30-18)5-9-24(2)19(27)14-6-10-29-11-7-14/h4,8,14-15H,3,5-7,9-13H2,1-2H3. The van der Waals surface area contributed by atoms with E-state index < -0.39 is 0 Å². The highest BCUT2D eigenvalue weighted by atomic mass is 16.5. The average Bonchev–Trinajstić information content (AvgIpc) is 3.40. The van der Waals surface area contributed by atoms with E-state index in [4.69, 9.17) is 9.26 Å². The lowest BCUT2D eigenvalue weighted by Gasteiger charge is -2.37. The molecule has 4 rings (SSSR count). The largest absolute Gasteiger partial charge is 0.381 e. The second-order valence-corrected chi connectivity index (χ2v) is 7.88. The molecule has 2 amide bonds. The molecule has 10 heteroatoms. The summed E-state index contributed by atoms with van der Waals surface area (Å²) >= 11 is 0. The smallest absolute Gasteiger partial charge is 0.272 e. The van der Waals surface area contributed by atoms with Gasteiger partial charge in [0.15, 0.2) is 5.82 Å². The molecule has 0 radical (unpaired) electrons. The van der Waals surface area contributed by atoms with E-state index in [9.17, 15) is 9.59 Å². The van der Waals surface area contributed by atoms with Gasteiger partial charge in [0.1, 0.15) is 5.69 Å². The first kappa shape index (κ1) is 20.5. The predicted molar refractivity (Wildman–Crippen MR) is 106 cm³/mol. The number of rotatable bonds is 7.